The Balaban J connectivity index is 1.90. The lowest BCUT2D eigenvalue weighted by atomic mass is 9.83. The van der Waals surface area contributed by atoms with Crippen molar-refractivity contribution in [3.05, 3.63) is 0 Å². The lowest BCUT2D eigenvalue weighted by molar-refractivity contribution is -0.0381. The first kappa shape index (κ1) is 19.7. The molecule has 1 amide bonds. The SMILES string of the molecule is CC(C)(C)OC(=O)N1CCC12CNC(CO[Si](C)(C)C(C)(C)C)C2. The number of hydrogen-bond acceptors (Lipinski definition) is 4. The van der Waals surface area contributed by atoms with Gasteiger partial charge in [0.1, 0.15) is 5.60 Å². The van der Waals surface area contributed by atoms with Crippen LogP contribution in [-0.2, 0) is 9.16 Å². The van der Waals surface area contributed by atoms with Crippen LogP contribution in [0.1, 0.15) is 54.4 Å². The number of likely N-dealkylation sites (tertiary alicyclic amines) is 1. The molecular weight excluding hydrogens is 320 g/mol. The molecule has 0 radical (unpaired) electrons. The van der Waals surface area contributed by atoms with Gasteiger partial charge in [-0.25, -0.2) is 4.79 Å². The molecule has 1 N–H and O–H groups in total. The Labute approximate surface area is 148 Å². The standard InChI is InChI=1S/C18H36N2O3Si/c1-16(2,3)23-15(21)20-10-9-18(20)11-14(19-13-18)12-22-24(7,8)17(4,5)6/h14,19H,9-13H2,1-8H3. The average Bonchev–Trinajstić information content (AvgIpc) is 2.78. The molecule has 6 heteroatoms. The third-order valence-electron chi connectivity index (χ3n) is 5.78. The number of amides is 1. The number of rotatable bonds is 3. The molecule has 0 aromatic carbocycles. The van der Waals surface area contributed by atoms with E-state index in [9.17, 15) is 4.79 Å². The molecule has 2 fully saturated rings. The summed E-state index contributed by atoms with van der Waals surface area (Å²) < 4.78 is 11.9. The van der Waals surface area contributed by atoms with Crippen molar-refractivity contribution in [3.63, 3.8) is 0 Å². The summed E-state index contributed by atoms with van der Waals surface area (Å²) in [6, 6.07) is 0.323. The normalized spacial score (nSPS) is 28.2. The fraction of sp³-hybridized carbons (Fsp3) is 0.944. The molecule has 2 rings (SSSR count). The highest BCUT2D eigenvalue weighted by molar-refractivity contribution is 6.74. The second-order valence-corrected chi connectivity index (χ2v) is 14.8. The number of carbonyl (C=O) groups is 1. The third-order valence-corrected chi connectivity index (χ3v) is 10.3. The van der Waals surface area contributed by atoms with Gasteiger partial charge in [-0.3, -0.25) is 0 Å². The van der Waals surface area contributed by atoms with E-state index in [0.717, 1.165) is 32.5 Å². The maximum Gasteiger partial charge on any atom is 0.410 e. The largest absolute Gasteiger partial charge is 0.444 e. The summed E-state index contributed by atoms with van der Waals surface area (Å²) in [5, 5.41) is 3.79. The molecule has 2 saturated heterocycles. The summed E-state index contributed by atoms with van der Waals surface area (Å²) in [5.41, 5.74) is -0.505. The number of ether oxygens (including phenoxy) is 1. The second kappa shape index (κ2) is 6.29. The quantitative estimate of drug-likeness (QED) is 0.783. The highest BCUT2D eigenvalue weighted by atomic mass is 28.4. The van der Waals surface area contributed by atoms with Crippen LogP contribution in [0.25, 0.3) is 0 Å². The maximum absolute atomic E-state index is 12.4. The van der Waals surface area contributed by atoms with E-state index in [1.807, 2.05) is 25.7 Å². The zero-order valence-electron chi connectivity index (χ0n) is 16.8. The molecule has 2 heterocycles. The molecule has 0 aliphatic carbocycles. The lowest BCUT2D eigenvalue weighted by Gasteiger charge is -2.50. The van der Waals surface area contributed by atoms with Gasteiger partial charge in [0.2, 0.25) is 0 Å². The van der Waals surface area contributed by atoms with Gasteiger partial charge in [0.25, 0.3) is 0 Å². The van der Waals surface area contributed by atoms with Gasteiger partial charge in [-0.1, -0.05) is 20.8 Å². The first-order valence-electron chi connectivity index (χ1n) is 9.14. The van der Waals surface area contributed by atoms with Crippen LogP contribution >= 0.6 is 0 Å². The summed E-state index contributed by atoms with van der Waals surface area (Å²) in [5.74, 6) is 0. The molecule has 1 spiro atoms. The van der Waals surface area contributed by atoms with Crippen LogP contribution in [0.3, 0.4) is 0 Å². The molecule has 140 valence electrons. The monoisotopic (exact) mass is 356 g/mol. The van der Waals surface area contributed by atoms with Gasteiger partial charge < -0.3 is 19.4 Å². The first-order chi connectivity index (χ1) is 10.8. The molecule has 24 heavy (non-hydrogen) atoms. The van der Waals surface area contributed by atoms with Crippen molar-refractivity contribution in [2.75, 3.05) is 19.7 Å². The van der Waals surface area contributed by atoms with E-state index >= 15 is 0 Å². The van der Waals surface area contributed by atoms with Crippen LogP contribution in [-0.4, -0.2) is 56.2 Å². The number of carbonyl (C=O) groups excluding carboxylic acids is 1. The van der Waals surface area contributed by atoms with Crippen LogP contribution in [0.15, 0.2) is 0 Å². The number of nitrogens with zero attached hydrogens (tertiary/aromatic N) is 1. The smallest absolute Gasteiger partial charge is 0.410 e. The van der Waals surface area contributed by atoms with Gasteiger partial charge in [0.15, 0.2) is 8.32 Å². The Morgan fingerprint density at radius 3 is 2.33 bits per heavy atom. The summed E-state index contributed by atoms with van der Waals surface area (Å²) >= 11 is 0. The second-order valence-electron chi connectivity index (χ2n) is 9.96. The van der Waals surface area contributed by atoms with E-state index in [4.69, 9.17) is 9.16 Å². The first-order valence-corrected chi connectivity index (χ1v) is 12.0. The van der Waals surface area contributed by atoms with Gasteiger partial charge in [-0.2, -0.15) is 0 Å². The maximum atomic E-state index is 12.4. The van der Waals surface area contributed by atoms with Gasteiger partial charge in [0, 0.05) is 25.7 Å². The van der Waals surface area contributed by atoms with E-state index in [-0.39, 0.29) is 16.7 Å². The van der Waals surface area contributed by atoms with Gasteiger partial charge in [0.05, 0.1) is 5.54 Å². The number of hydrogen-bond donors (Lipinski definition) is 1. The van der Waals surface area contributed by atoms with Crippen molar-refractivity contribution in [1.82, 2.24) is 10.2 Å². The van der Waals surface area contributed by atoms with Crippen molar-refractivity contribution >= 4 is 14.4 Å². The highest BCUT2D eigenvalue weighted by Gasteiger charge is 2.53. The molecule has 0 bridgehead atoms. The summed E-state index contributed by atoms with van der Waals surface area (Å²) in [6.45, 7) is 19.5. The third kappa shape index (κ3) is 4.14. The Bertz CT molecular complexity index is 482. The van der Waals surface area contributed by atoms with Gasteiger partial charge in [-0.05, 0) is 51.7 Å². The molecule has 2 aliphatic heterocycles. The van der Waals surface area contributed by atoms with Crippen molar-refractivity contribution in [2.24, 2.45) is 0 Å². The summed E-state index contributed by atoms with van der Waals surface area (Å²) in [4.78, 5) is 14.3. The minimum absolute atomic E-state index is 0.0657. The Morgan fingerprint density at radius 2 is 1.88 bits per heavy atom. The molecule has 0 aromatic heterocycles. The van der Waals surface area contributed by atoms with Crippen molar-refractivity contribution in [1.29, 1.82) is 0 Å². The fourth-order valence-electron chi connectivity index (χ4n) is 3.12. The summed E-state index contributed by atoms with van der Waals surface area (Å²) in [7, 11) is -1.73. The van der Waals surface area contributed by atoms with Gasteiger partial charge in [-0.15, -0.1) is 0 Å². The predicted molar refractivity (Wildman–Crippen MR) is 99.8 cm³/mol. The zero-order chi connectivity index (χ0) is 18.4. The van der Waals surface area contributed by atoms with Crippen LogP contribution in [0.2, 0.25) is 18.1 Å². The molecule has 0 saturated carbocycles. The molecule has 5 nitrogen and oxygen atoms in total. The number of nitrogens with one attached hydrogen (secondary N) is 1. The predicted octanol–water partition coefficient (Wildman–Crippen LogP) is 3.75. The molecular formula is C18H36N2O3Si. The van der Waals surface area contributed by atoms with Crippen molar-refractivity contribution in [2.45, 2.75) is 89.7 Å². The molecule has 2 aliphatic rings. The van der Waals surface area contributed by atoms with E-state index in [1.54, 1.807) is 0 Å². The molecule has 2 atom stereocenters. The van der Waals surface area contributed by atoms with Crippen molar-refractivity contribution in [3.8, 4) is 0 Å². The van der Waals surface area contributed by atoms with Crippen molar-refractivity contribution < 1.29 is 14.0 Å². The fourth-order valence-corrected chi connectivity index (χ4v) is 4.17. The average molecular weight is 357 g/mol. The minimum Gasteiger partial charge on any atom is -0.444 e. The Hall–Kier alpha value is -0.593. The van der Waals surface area contributed by atoms with E-state index in [1.165, 1.54) is 0 Å². The Kier molecular flexibility index (Phi) is 5.17. The highest BCUT2D eigenvalue weighted by Crippen LogP contribution is 2.40. The Morgan fingerprint density at radius 1 is 1.25 bits per heavy atom. The lowest BCUT2D eigenvalue weighted by Crippen LogP contribution is -2.64. The molecule has 2 unspecified atom stereocenters. The van der Waals surface area contributed by atoms with Crippen LogP contribution < -0.4 is 5.32 Å². The van der Waals surface area contributed by atoms with Crippen LogP contribution in [0, 0.1) is 0 Å². The summed E-state index contributed by atoms with van der Waals surface area (Å²) in [6.07, 6.45) is 1.83. The van der Waals surface area contributed by atoms with Gasteiger partial charge >= 0.3 is 6.09 Å². The van der Waals surface area contributed by atoms with E-state index < -0.39 is 13.9 Å². The van der Waals surface area contributed by atoms with Crippen LogP contribution in [0.4, 0.5) is 4.79 Å². The van der Waals surface area contributed by atoms with E-state index in [2.05, 4.69) is 39.2 Å². The van der Waals surface area contributed by atoms with E-state index in [0.29, 0.717) is 6.04 Å². The van der Waals surface area contributed by atoms with Crippen LogP contribution in [0.5, 0.6) is 0 Å². The zero-order valence-corrected chi connectivity index (χ0v) is 17.8. The topological polar surface area (TPSA) is 50.8 Å². The minimum atomic E-state index is -1.73. The molecule has 0 aromatic rings.